The Hall–Kier alpha value is -2.10. The summed E-state index contributed by atoms with van der Waals surface area (Å²) in [6.07, 6.45) is 5.61. The van der Waals surface area contributed by atoms with Gasteiger partial charge in [0.25, 0.3) is 0 Å². The van der Waals surface area contributed by atoms with Gasteiger partial charge in [0.05, 0.1) is 25.2 Å². The first kappa shape index (κ1) is 12.9. The van der Waals surface area contributed by atoms with Gasteiger partial charge in [0, 0.05) is 0 Å². The van der Waals surface area contributed by atoms with Gasteiger partial charge in [0.1, 0.15) is 5.69 Å². The van der Waals surface area contributed by atoms with Crippen LogP contribution in [0.1, 0.15) is 41.9 Å². The Morgan fingerprint density at radius 1 is 1.40 bits per heavy atom. The quantitative estimate of drug-likeness (QED) is 0.784. The van der Waals surface area contributed by atoms with E-state index in [1.807, 2.05) is 34.9 Å². The van der Waals surface area contributed by atoms with Crippen molar-refractivity contribution in [2.45, 2.75) is 25.8 Å². The van der Waals surface area contributed by atoms with Crippen LogP contribution >= 0.6 is 0 Å². The van der Waals surface area contributed by atoms with E-state index >= 15 is 0 Å². The van der Waals surface area contributed by atoms with Crippen LogP contribution in [0, 0.1) is 5.92 Å². The van der Waals surface area contributed by atoms with Gasteiger partial charge in [-0.05, 0) is 31.2 Å². The van der Waals surface area contributed by atoms with Crippen LogP contribution in [0.5, 0.6) is 0 Å². The van der Waals surface area contributed by atoms with E-state index in [-0.39, 0.29) is 12.0 Å². The van der Waals surface area contributed by atoms with Gasteiger partial charge in [-0.15, -0.1) is 0 Å². The molecule has 1 aliphatic carbocycles. The molecule has 20 heavy (non-hydrogen) atoms. The third-order valence-electron chi connectivity index (χ3n) is 3.72. The van der Waals surface area contributed by atoms with Crippen LogP contribution in [-0.2, 0) is 4.74 Å². The number of aromatic nitrogens is 2. The highest BCUT2D eigenvalue weighted by molar-refractivity contribution is 5.87. The smallest absolute Gasteiger partial charge is 0.356 e. The standard InChI is InChI=1S/C16H18N2O2/c1-12(14-5-3-2-4-6-14)18-11-17-9-15(18)16(19)20-10-13-7-8-13/h2-6,9,11-13H,7-8,10H2,1H3/t12-/m1/s1. The van der Waals surface area contributed by atoms with Gasteiger partial charge in [-0.3, -0.25) is 0 Å². The third-order valence-corrected chi connectivity index (χ3v) is 3.72. The molecule has 1 saturated carbocycles. The number of carbonyl (C=O) groups is 1. The van der Waals surface area contributed by atoms with E-state index in [0.29, 0.717) is 18.2 Å². The van der Waals surface area contributed by atoms with Crippen molar-refractivity contribution in [3.63, 3.8) is 0 Å². The van der Waals surface area contributed by atoms with Gasteiger partial charge < -0.3 is 9.30 Å². The molecule has 0 unspecified atom stereocenters. The number of nitrogens with zero attached hydrogens (tertiary/aromatic N) is 2. The van der Waals surface area contributed by atoms with Crippen LogP contribution in [0.3, 0.4) is 0 Å². The molecule has 3 rings (SSSR count). The highest BCUT2D eigenvalue weighted by Gasteiger charge is 2.25. The molecule has 1 aromatic carbocycles. The number of hydrogen-bond acceptors (Lipinski definition) is 3. The summed E-state index contributed by atoms with van der Waals surface area (Å²) in [5.74, 6) is 0.291. The second-order valence-corrected chi connectivity index (χ2v) is 5.31. The monoisotopic (exact) mass is 270 g/mol. The highest BCUT2D eigenvalue weighted by atomic mass is 16.5. The normalized spacial score (nSPS) is 15.8. The summed E-state index contributed by atoms with van der Waals surface area (Å²) in [7, 11) is 0. The molecule has 1 heterocycles. The minimum absolute atomic E-state index is 0.0576. The van der Waals surface area contributed by atoms with E-state index in [9.17, 15) is 4.79 Å². The Labute approximate surface area is 118 Å². The first-order valence-electron chi connectivity index (χ1n) is 6.99. The van der Waals surface area contributed by atoms with E-state index < -0.39 is 0 Å². The molecule has 2 aromatic rings. The number of benzene rings is 1. The molecule has 1 fully saturated rings. The number of ether oxygens (including phenoxy) is 1. The van der Waals surface area contributed by atoms with Crippen molar-refractivity contribution < 1.29 is 9.53 Å². The Morgan fingerprint density at radius 2 is 2.15 bits per heavy atom. The van der Waals surface area contributed by atoms with Crippen molar-refractivity contribution >= 4 is 5.97 Å². The van der Waals surface area contributed by atoms with E-state index in [4.69, 9.17) is 4.74 Å². The Bertz CT molecular complexity index is 588. The molecule has 4 nitrogen and oxygen atoms in total. The van der Waals surface area contributed by atoms with Crippen molar-refractivity contribution in [1.29, 1.82) is 0 Å². The summed E-state index contributed by atoms with van der Waals surface area (Å²) in [5, 5.41) is 0. The molecule has 0 bridgehead atoms. The summed E-state index contributed by atoms with van der Waals surface area (Å²) < 4.78 is 7.20. The van der Waals surface area contributed by atoms with Crippen molar-refractivity contribution in [2.24, 2.45) is 5.92 Å². The lowest BCUT2D eigenvalue weighted by atomic mass is 10.1. The van der Waals surface area contributed by atoms with Crippen LogP contribution in [0.2, 0.25) is 0 Å². The largest absolute Gasteiger partial charge is 0.461 e. The van der Waals surface area contributed by atoms with Crippen molar-refractivity contribution in [3.05, 3.63) is 54.1 Å². The van der Waals surface area contributed by atoms with Crippen LogP contribution in [-0.4, -0.2) is 22.1 Å². The second-order valence-electron chi connectivity index (χ2n) is 5.31. The molecule has 4 heteroatoms. The maximum absolute atomic E-state index is 12.1. The van der Waals surface area contributed by atoms with Crippen molar-refractivity contribution in [1.82, 2.24) is 9.55 Å². The Morgan fingerprint density at radius 3 is 2.85 bits per heavy atom. The van der Waals surface area contributed by atoms with E-state index in [1.54, 1.807) is 12.5 Å². The molecule has 1 atom stereocenters. The third kappa shape index (κ3) is 2.74. The highest BCUT2D eigenvalue weighted by Crippen LogP contribution is 2.29. The zero-order valence-electron chi connectivity index (χ0n) is 11.5. The number of carbonyl (C=O) groups excluding carboxylic acids is 1. The first-order chi connectivity index (χ1) is 9.75. The number of hydrogen-bond donors (Lipinski definition) is 0. The number of esters is 1. The average molecular weight is 270 g/mol. The van der Waals surface area contributed by atoms with Gasteiger partial charge in [-0.2, -0.15) is 0 Å². The first-order valence-corrected chi connectivity index (χ1v) is 6.99. The zero-order chi connectivity index (χ0) is 13.9. The molecule has 0 amide bonds. The molecular weight excluding hydrogens is 252 g/mol. The molecule has 0 N–H and O–H groups in total. The summed E-state index contributed by atoms with van der Waals surface area (Å²) in [5.41, 5.74) is 1.66. The molecule has 0 spiro atoms. The van der Waals surface area contributed by atoms with Gasteiger partial charge >= 0.3 is 5.97 Å². The zero-order valence-corrected chi connectivity index (χ0v) is 11.5. The van der Waals surface area contributed by atoms with Gasteiger partial charge in [0.15, 0.2) is 0 Å². The van der Waals surface area contributed by atoms with Crippen LogP contribution in [0.15, 0.2) is 42.9 Å². The molecule has 0 radical (unpaired) electrons. The van der Waals surface area contributed by atoms with Crippen molar-refractivity contribution in [3.8, 4) is 0 Å². The van der Waals surface area contributed by atoms with Crippen LogP contribution < -0.4 is 0 Å². The van der Waals surface area contributed by atoms with Gasteiger partial charge in [-0.1, -0.05) is 30.3 Å². The summed E-state index contributed by atoms with van der Waals surface area (Å²) in [4.78, 5) is 16.2. The predicted molar refractivity (Wildman–Crippen MR) is 75.5 cm³/mol. The second kappa shape index (κ2) is 5.49. The fourth-order valence-corrected chi connectivity index (χ4v) is 2.22. The average Bonchev–Trinajstić information content (AvgIpc) is 3.19. The SMILES string of the molecule is C[C@H](c1ccccc1)n1cncc1C(=O)OCC1CC1. The fraction of sp³-hybridized carbons (Fsp3) is 0.375. The maximum atomic E-state index is 12.1. The lowest BCUT2D eigenvalue weighted by Gasteiger charge is -2.16. The topological polar surface area (TPSA) is 44.1 Å². The minimum Gasteiger partial charge on any atom is -0.461 e. The van der Waals surface area contributed by atoms with Gasteiger partial charge in [0.2, 0.25) is 0 Å². The Balaban J connectivity index is 1.76. The summed E-state index contributed by atoms with van der Waals surface area (Å²) >= 11 is 0. The molecule has 1 aliphatic rings. The van der Waals surface area contributed by atoms with Crippen LogP contribution in [0.4, 0.5) is 0 Å². The molecule has 0 saturated heterocycles. The molecule has 0 aliphatic heterocycles. The summed E-state index contributed by atoms with van der Waals surface area (Å²) in [6.45, 7) is 2.58. The maximum Gasteiger partial charge on any atom is 0.356 e. The summed E-state index contributed by atoms with van der Waals surface area (Å²) in [6, 6.07) is 10.1. The van der Waals surface area contributed by atoms with E-state index in [1.165, 1.54) is 12.8 Å². The van der Waals surface area contributed by atoms with E-state index in [0.717, 1.165) is 5.56 Å². The van der Waals surface area contributed by atoms with E-state index in [2.05, 4.69) is 11.9 Å². The molecule has 1 aromatic heterocycles. The lowest BCUT2D eigenvalue weighted by molar-refractivity contribution is 0.0472. The van der Waals surface area contributed by atoms with Gasteiger partial charge in [-0.25, -0.2) is 9.78 Å². The van der Waals surface area contributed by atoms with Crippen molar-refractivity contribution in [2.75, 3.05) is 6.61 Å². The lowest BCUT2D eigenvalue weighted by Crippen LogP contribution is -2.16. The van der Waals surface area contributed by atoms with Crippen LogP contribution in [0.25, 0.3) is 0 Å². The number of imidazole rings is 1. The number of rotatable bonds is 5. The Kier molecular flexibility index (Phi) is 3.54. The predicted octanol–water partition coefficient (Wildman–Crippen LogP) is 3.06. The minimum atomic E-state index is -0.280. The molecule has 104 valence electrons. The fourth-order valence-electron chi connectivity index (χ4n) is 2.22. The molecular formula is C16H18N2O2.